The number of ether oxygens (including phenoxy) is 1. The van der Waals surface area contributed by atoms with E-state index >= 15 is 0 Å². The molecule has 0 aliphatic carbocycles. The first-order valence-corrected chi connectivity index (χ1v) is 9.73. The summed E-state index contributed by atoms with van der Waals surface area (Å²) in [4.78, 5) is 17.9. The summed E-state index contributed by atoms with van der Waals surface area (Å²) in [6.07, 6.45) is 2.94. The summed E-state index contributed by atoms with van der Waals surface area (Å²) in [5, 5.41) is 3.41. The van der Waals surface area contributed by atoms with Gasteiger partial charge in [0, 0.05) is 51.9 Å². The van der Waals surface area contributed by atoms with Gasteiger partial charge in [0.2, 0.25) is 5.91 Å². The molecule has 3 aliphatic rings. The fourth-order valence-electron chi connectivity index (χ4n) is 4.53. The van der Waals surface area contributed by atoms with E-state index in [4.69, 9.17) is 4.74 Å². The summed E-state index contributed by atoms with van der Waals surface area (Å²) >= 11 is 0. The molecule has 3 saturated heterocycles. The number of nitrogens with zero attached hydrogens (tertiary/aromatic N) is 2. The Morgan fingerprint density at radius 2 is 1.88 bits per heavy atom. The SMILES string of the molecule is O=C(C1CCCOC1c1ccccc1)N1CCC(N2CCNCC2)C1. The number of hydrogen-bond acceptors (Lipinski definition) is 4. The maximum Gasteiger partial charge on any atom is 0.228 e. The van der Waals surface area contributed by atoms with Gasteiger partial charge in [-0.25, -0.2) is 0 Å². The van der Waals surface area contributed by atoms with Crippen LogP contribution in [0.2, 0.25) is 0 Å². The van der Waals surface area contributed by atoms with Crippen molar-refractivity contribution in [2.75, 3.05) is 45.9 Å². The largest absolute Gasteiger partial charge is 0.373 e. The van der Waals surface area contributed by atoms with Crippen LogP contribution in [0.5, 0.6) is 0 Å². The van der Waals surface area contributed by atoms with Crippen molar-refractivity contribution < 1.29 is 9.53 Å². The quantitative estimate of drug-likeness (QED) is 0.907. The minimum atomic E-state index is -0.0827. The molecule has 1 amide bonds. The molecule has 3 fully saturated rings. The maximum absolute atomic E-state index is 13.2. The number of rotatable bonds is 3. The molecule has 4 rings (SSSR count). The summed E-state index contributed by atoms with van der Waals surface area (Å²) in [5.74, 6) is 0.268. The van der Waals surface area contributed by atoms with Crippen molar-refractivity contribution in [3.8, 4) is 0 Å². The molecule has 0 aromatic heterocycles. The Balaban J connectivity index is 1.42. The summed E-state index contributed by atoms with van der Waals surface area (Å²) in [5.41, 5.74) is 1.14. The van der Waals surface area contributed by atoms with E-state index in [2.05, 4.69) is 27.2 Å². The van der Waals surface area contributed by atoms with Crippen molar-refractivity contribution >= 4 is 5.91 Å². The minimum Gasteiger partial charge on any atom is -0.373 e. The smallest absolute Gasteiger partial charge is 0.228 e. The molecule has 0 radical (unpaired) electrons. The van der Waals surface area contributed by atoms with Crippen LogP contribution < -0.4 is 5.32 Å². The molecule has 3 heterocycles. The second-order valence-corrected chi connectivity index (χ2v) is 7.46. The number of hydrogen-bond donors (Lipinski definition) is 1. The topological polar surface area (TPSA) is 44.8 Å². The van der Waals surface area contributed by atoms with Gasteiger partial charge < -0.3 is 15.0 Å². The van der Waals surface area contributed by atoms with Gasteiger partial charge in [0.25, 0.3) is 0 Å². The third kappa shape index (κ3) is 3.73. The molecule has 5 nitrogen and oxygen atoms in total. The Bertz CT molecular complexity index is 574. The zero-order valence-corrected chi connectivity index (χ0v) is 14.9. The molecular formula is C20H29N3O2. The molecule has 1 N–H and O–H groups in total. The molecule has 1 aromatic rings. The van der Waals surface area contributed by atoms with Crippen molar-refractivity contribution in [1.82, 2.24) is 15.1 Å². The van der Waals surface area contributed by atoms with Crippen molar-refractivity contribution in [1.29, 1.82) is 0 Å². The first-order chi connectivity index (χ1) is 12.3. The van der Waals surface area contributed by atoms with E-state index in [0.29, 0.717) is 11.9 Å². The number of benzene rings is 1. The minimum absolute atomic E-state index is 0.0297. The van der Waals surface area contributed by atoms with E-state index in [1.165, 1.54) is 0 Å². The normalized spacial score (nSPS) is 31.2. The van der Waals surface area contributed by atoms with Crippen LogP contribution in [-0.4, -0.2) is 67.6 Å². The zero-order valence-electron chi connectivity index (χ0n) is 14.9. The highest BCUT2D eigenvalue weighted by Gasteiger charge is 2.39. The summed E-state index contributed by atoms with van der Waals surface area (Å²) in [7, 11) is 0. The predicted octanol–water partition coefficient (Wildman–Crippen LogP) is 1.66. The molecule has 0 saturated carbocycles. The molecule has 25 heavy (non-hydrogen) atoms. The highest BCUT2D eigenvalue weighted by Crippen LogP contribution is 2.35. The molecule has 3 unspecified atom stereocenters. The predicted molar refractivity (Wildman–Crippen MR) is 97.3 cm³/mol. The Hall–Kier alpha value is -1.43. The monoisotopic (exact) mass is 343 g/mol. The molecule has 136 valence electrons. The van der Waals surface area contributed by atoms with Crippen molar-refractivity contribution in [3.63, 3.8) is 0 Å². The van der Waals surface area contributed by atoms with Gasteiger partial charge in [-0.2, -0.15) is 0 Å². The average molecular weight is 343 g/mol. The van der Waals surface area contributed by atoms with E-state index in [1.807, 2.05) is 18.2 Å². The van der Waals surface area contributed by atoms with Crippen LogP contribution in [0.3, 0.4) is 0 Å². The van der Waals surface area contributed by atoms with E-state index in [0.717, 1.165) is 70.7 Å². The first kappa shape index (κ1) is 17.0. The number of nitrogens with one attached hydrogen (secondary N) is 1. The van der Waals surface area contributed by atoms with Gasteiger partial charge in [0.15, 0.2) is 0 Å². The van der Waals surface area contributed by atoms with Gasteiger partial charge >= 0.3 is 0 Å². The molecule has 0 bridgehead atoms. The summed E-state index contributed by atoms with van der Waals surface area (Å²) < 4.78 is 6.03. The third-order valence-electron chi connectivity index (χ3n) is 5.91. The van der Waals surface area contributed by atoms with Crippen LogP contribution in [0.15, 0.2) is 30.3 Å². The second kappa shape index (κ2) is 7.85. The number of likely N-dealkylation sites (tertiary alicyclic amines) is 1. The molecular weight excluding hydrogens is 314 g/mol. The van der Waals surface area contributed by atoms with Crippen molar-refractivity contribution in [2.24, 2.45) is 5.92 Å². The second-order valence-electron chi connectivity index (χ2n) is 7.46. The fourth-order valence-corrected chi connectivity index (χ4v) is 4.53. The average Bonchev–Trinajstić information content (AvgIpc) is 3.19. The van der Waals surface area contributed by atoms with Gasteiger partial charge in [0.1, 0.15) is 0 Å². The van der Waals surface area contributed by atoms with Gasteiger partial charge in [-0.3, -0.25) is 9.69 Å². The standard InChI is InChI=1S/C20H29N3O2/c24-20(23-11-8-17(15-23)22-12-9-21-10-13-22)18-7-4-14-25-19(18)16-5-2-1-3-6-16/h1-3,5-6,17-19,21H,4,7-15H2. The molecule has 3 aliphatic heterocycles. The van der Waals surface area contributed by atoms with E-state index in [1.54, 1.807) is 0 Å². The van der Waals surface area contributed by atoms with E-state index in [-0.39, 0.29) is 12.0 Å². The van der Waals surface area contributed by atoms with Crippen LogP contribution >= 0.6 is 0 Å². The Kier molecular flexibility index (Phi) is 5.34. The Morgan fingerprint density at radius 1 is 1.08 bits per heavy atom. The number of piperazine rings is 1. The van der Waals surface area contributed by atoms with Crippen molar-refractivity contribution in [3.05, 3.63) is 35.9 Å². The summed E-state index contributed by atoms with van der Waals surface area (Å²) in [6.45, 7) is 6.88. The lowest BCUT2D eigenvalue weighted by Crippen LogP contribution is -2.49. The maximum atomic E-state index is 13.2. The highest BCUT2D eigenvalue weighted by atomic mass is 16.5. The molecule has 1 aromatic carbocycles. The van der Waals surface area contributed by atoms with Crippen molar-refractivity contribution in [2.45, 2.75) is 31.4 Å². The first-order valence-electron chi connectivity index (χ1n) is 9.73. The Labute approximate surface area is 150 Å². The van der Waals surface area contributed by atoms with Gasteiger partial charge in [-0.15, -0.1) is 0 Å². The summed E-state index contributed by atoms with van der Waals surface area (Å²) in [6, 6.07) is 10.8. The van der Waals surface area contributed by atoms with E-state index in [9.17, 15) is 4.79 Å². The lowest BCUT2D eigenvalue weighted by molar-refractivity contribution is -0.144. The van der Waals surface area contributed by atoms with Gasteiger partial charge in [0.05, 0.1) is 12.0 Å². The number of amides is 1. The number of carbonyl (C=O) groups excluding carboxylic acids is 1. The number of carbonyl (C=O) groups is 1. The molecule has 0 spiro atoms. The van der Waals surface area contributed by atoms with E-state index < -0.39 is 0 Å². The molecule has 5 heteroatoms. The fraction of sp³-hybridized carbons (Fsp3) is 0.650. The van der Waals surface area contributed by atoms with Crippen LogP contribution in [0.1, 0.15) is 30.9 Å². The lowest BCUT2D eigenvalue weighted by Gasteiger charge is -2.35. The highest BCUT2D eigenvalue weighted by molar-refractivity contribution is 5.80. The third-order valence-corrected chi connectivity index (χ3v) is 5.91. The van der Waals surface area contributed by atoms with Crippen LogP contribution in [0.4, 0.5) is 0 Å². The Morgan fingerprint density at radius 3 is 2.68 bits per heavy atom. The lowest BCUT2D eigenvalue weighted by atomic mass is 9.88. The van der Waals surface area contributed by atoms with Crippen LogP contribution in [0.25, 0.3) is 0 Å². The van der Waals surface area contributed by atoms with Crippen LogP contribution in [0, 0.1) is 5.92 Å². The molecule has 3 atom stereocenters. The van der Waals surface area contributed by atoms with Crippen LogP contribution in [-0.2, 0) is 9.53 Å². The zero-order chi connectivity index (χ0) is 17.1. The van der Waals surface area contributed by atoms with Gasteiger partial charge in [-0.1, -0.05) is 30.3 Å². The van der Waals surface area contributed by atoms with Gasteiger partial charge in [-0.05, 0) is 24.8 Å².